The van der Waals surface area contributed by atoms with E-state index in [2.05, 4.69) is 11.5 Å². The van der Waals surface area contributed by atoms with Crippen LogP contribution in [0.2, 0.25) is 5.02 Å². The molecule has 1 aromatic heterocycles. The van der Waals surface area contributed by atoms with Crippen LogP contribution in [-0.4, -0.2) is 10.4 Å². The van der Waals surface area contributed by atoms with E-state index in [9.17, 15) is 13.6 Å². The van der Waals surface area contributed by atoms with Gasteiger partial charge in [0.15, 0.2) is 17.4 Å². The lowest BCUT2D eigenvalue weighted by molar-refractivity contribution is 0.0763. The van der Waals surface area contributed by atoms with Gasteiger partial charge in [-0.1, -0.05) is 30.7 Å². The highest BCUT2D eigenvalue weighted by Crippen LogP contribution is 2.39. The van der Waals surface area contributed by atoms with Gasteiger partial charge in [-0.25, -0.2) is 8.78 Å². The van der Waals surface area contributed by atoms with Crippen molar-refractivity contribution in [3.63, 3.8) is 0 Å². The van der Waals surface area contributed by atoms with Crippen LogP contribution >= 0.6 is 11.6 Å². The molecule has 0 saturated heterocycles. The number of ketones is 1. The number of hydrogen-bond donors (Lipinski definition) is 0. The van der Waals surface area contributed by atoms with Crippen molar-refractivity contribution in [2.45, 2.75) is 40.2 Å². The molecule has 0 spiro atoms. The van der Waals surface area contributed by atoms with Gasteiger partial charge in [-0.15, -0.1) is 0 Å². The van der Waals surface area contributed by atoms with Crippen LogP contribution in [0.25, 0.3) is 16.9 Å². The first-order valence-electron chi connectivity index (χ1n) is 12.4. The highest BCUT2D eigenvalue weighted by atomic mass is 35.5. The number of aromatic nitrogens is 1. The summed E-state index contributed by atoms with van der Waals surface area (Å²) in [6, 6.07) is 19.0. The predicted octanol–water partition coefficient (Wildman–Crippen LogP) is 8.50. The topological polar surface area (TPSA) is 31.2 Å². The molecule has 0 radical (unpaired) electrons. The van der Waals surface area contributed by atoms with Crippen LogP contribution in [0.4, 0.5) is 8.78 Å². The average molecular weight is 520 g/mol. The molecule has 1 saturated carbocycles. The third-order valence-electron chi connectivity index (χ3n) is 7.37. The first-order chi connectivity index (χ1) is 17.7. The van der Waals surface area contributed by atoms with E-state index in [0.717, 1.165) is 58.7 Å². The summed E-state index contributed by atoms with van der Waals surface area (Å²) in [7, 11) is 0. The number of aryl methyl sites for hydroxylation is 2. The molecule has 1 fully saturated rings. The van der Waals surface area contributed by atoms with E-state index in [4.69, 9.17) is 16.3 Å². The zero-order chi connectivity index (χ0) is 26.3. The molecule has 2 atom stereocenters. The minimum Gasteiger partial charge on any atom is -0.488 e. The quantitative estimate of drug-likeness (QED) is 0.229. The van der Waals surface area contributed by atoms with Crippen LogP contribution in [0.1, 0.15) is 46.9 Å². The summed E-state index contributed by atoms with van der Waals surface area (Å²) < 4.78 is 35.2. The number of halogens is 3. The molecular weight excluding hydrogens is 492 g/mol. The van der Waals surface area contributed by atoms with Crippen LogP contribution in [-0.2, 0) is 6.61 Å². The minimum absolute atomic E-state index is 0.0638. The van der Waals surface area contributed by atoms with Crippen LogP contribution in [0.5, 0.6) is 5.75 Å². The Bertz CT molecular complexity index is 1490. The Labute approximate surface area is 220 Å². The Morgan fingerprint density at radius 2 is 1.78 bits per heavy atom. The molecule has 1 aliphatic rings. The Morgan fingerprint density at radius 3 is 2.49 bits per heavy atom. The number of rotatable bonds is 7. The molecule has 2 unspecified atom stereocenters. The van der Waals surface area contributed by atoms with E-state index in [0.29, 0.717) is 22.3 Å². The van der Waals surface area contributed by atoms with Crippen molar-refractivity contribution in [1.82, 2.24) is 4.57 Å². The summed E-state index contributed by atoms with van der Waals surface area (Å²) >= 11 is 6.38. The number of Topliss-reactive ketones (excluding diaryl/α,β-unsaturated/α-hetero) is 1. The minimum atomic E-state index is -0.914. The molecule has 3 nitrogen and oxygen atoms in total. The fourth-order valence-corrected chi connectivity index (χ4v) is 5.15. The van der Waals surface area contributed by atoms with Crippen LogP contribution < -0.4 is 4.74 Å². The highest BCUT2D eigenvalue weighted by Gasteiger charge is 2.34. The molecule has 1 heterocycles. The Morgan fingerprint density at radius 1 is 0.973 bits per heavy atom. The van der Waals surface area contributed by atoms with Gasteiger partial charge in [0, 0.05) is 33.4 Å². The fraction of sp³-hybridized carbons (Fsp3) is 0.258. The van der Waals surface area contributed by atoms with Crippen molar-refractivity contribution in [3.8, 4) is 22.7 Å². The summed E-state index contributed by atoms with van der Waals surface area (Å²) in [5.74, 6) is -0.540. The zero-order valence-electron chi connectivity index (χ0n) is 21.0. The predicted molar refractivity (Wildman–Crippen MR) is 143 cm³/mol. The molecule has 0 amide bonds. The van der Waals surface area contributed by atoms with Crippen molar-refractivity contribution < 1.29 is 18.3 Å². The maximum Gasteiger partial charge on any atom is 0.166 e. The van der Waals surface area contributed by atoms with Crippen molar-refractivity contribution in [1.29, 1.82) is 0 Å². The molecule has 0 bridgehead atoms. The molecule has 6 heteroatoms. The first-order valence-corrected chi connectivity index (χ1v) is 12.8. The second-order valence-corrected chi connectivity index (χ2v) is 10.3. The van der Waals surface area contributed by atoms with Gasteiger partial charge in [-0.2, -0.15) is 0 Å². The number of ether oxygens (including phenoxy) is 1. The lowest BCUT2D eigenvalue weighted by Gasteiger charge is -2.33. The van der Waals surface area contributed by atoms with Crippen LogP contribution in [0, 0.1) is 37.3 Å². The van der Waals surface area contributed by atoms with E-state index >= 15 is 0 Å². The van der Waals surface area contributed by atoms with E-state index in [-0.39, 0.29) is 18.3 Å². The second kappa shape index (κ2) is 10.1. The smallest absolute Gasteiger partial charge is 0.166 e. The lowest BCUT2D eigenvalue weighted by atomic mass is 9.71. The summed E-state index contributed by atoms with van der Waals surface area (Å²) in [5, 5.41) is 0.541. The SMILES string of the molecule is Cc1ccc(-n2c(C)ccc2-c2cc(Cl)ccc2OCc2ccc(F)c(F)c2)cc1C(=O)C1CCC1C. The fourth-order valence-electron chi connectivity index (χ4n) is 4.98. The van der Waals surface area contributed by atoms with Gasteiger partial charge in [0.05, 0.1) is 5.69 Å². The molecule has 0 N–H and O–H groups in total. The van der Waals surface area contributed by atoms with Gasteiger partial charge in [0.25, 0.3) is 0 Å². The Balaban J connectivity index is 1.52. The monoisotopic (exact) mass is 519 g/mol. The van der Waals surface area contributed by atoms with Gasteiger partial charge >= 0.3 is 0 Å². The van der Waals surface area contributed by atoms with E-state index in [1.54, 1.807) is 12.1 Å². The molecule has 190 valence electrons. The Hall–Kier alpha value is -3.44. The largest absolute Gasteiger partial charge is 0.488 e. The summed E-state index contributed by atoms with van der Waals surface area (Å²) in [6.45, 7) is 6.19. The summed E-state index contributed by atoms with van der Waals surface area (Å²) in [4.78, 5) is 13.3. The Kier molecular flexibility index (Phi) is 6.91. The number of carbonyl (C=O) groups excluding carboxylic acids is 1. The zero-order valence-corrected chi connectivity index (χ0v) is 21.8. The first kappa shape index (κ1) is 25.2. The number of hydrogen-bond acceptors (Lipinski definition) is 2. The van der Waals surface area contributed by atoms with Crippen molar-refractivity contribution in [2.75, 3.05) is 0 Å². The molecule has 3 aromatic carbocycles. The van der Waals surface area contributed by atoms with E-state index < -0.39 is 11.6 Å². The number of carbonyl (C=O) groups is 1. The molecule has 5 rings (SSSR count). The standard InChI is InChI=1S/C31H28ClF2NO2/c1-18-5-10-24(18)31(36)25-16-23(9-4-19(25)2)35-20(3)6-12-29(35)26-15-22(32)8-13-30(26)37-17-21-7-11-27(33)28(34)14-21/h4,6-9,11-16,18,24H,5,10,17H2,1-3H3. The van der Waals surface area contributed by atoms with Crippen molar-refractivity contribution >= 4 is 17.4 Å². The van der Waals surface area contributed by atoms with Gasteiger partial charge < -0.3 is 9.30 Å². The van der Waals surface area contributed by atoms with Gasteiger partial charge in [-0.3, -0.25) is 4.79 Å². The maximum absolute atomic E-state index is 13.7. The lowest BCUT2D eigenvalue weighted by Crippen LogP contribution is -2.31. The molecule has 0 aliphatic heterocycles. The molecule has 4 aromatic rings. The van der Waals surface area contributed by atoms with Crippen molar-refractivity contribution in [2.24, 2.45) is 11.8 Å². The third kappa shape index (κ3) is 4.93. The second-order valence-electron chi connectivity index (χ2n) is 9.90. The van der Waals surface area contributed by atoms with Crippen molar-refractivity contribution in [3.05, 3.63) is 106 Å². The molecule has 1 aliphatic carbocycles. The summed E-state index contributed by atoms with van der Waals surface area (Å²) in [5.41, 5.74) is 5.71. The van der Waals surface area contributed by atoms with Gasteiger partial charge in [0.2, 0.25) is 0 Å². The van der Waals surface area contributed by atoms with E-state index in [1.165, 1.54) is 6.07 Å². The van der Waals surface area contributed by atoms with Crippen LogP contribution in [0.3, 0.4) is 0 Å². The highest BCUT2D eigenvalue weighted by molar-refractivity contribution is 6.31. The maximum atomic E-state index is 13.7. The summed E-state index contributed by atoms with van der Waals surface area (Å²) in [6.07, 6.45) is 2.04. The molecule has 37 heavy (non-hydrogen) atoms. The average Bonchev–Trinajstić information content (AvgIpc) is 3.25. The van der Waals surface area contributed by atoms with Gasteiger partial charge in [-0.05, 0) is 98.3 Å². The number of benzene rings is 3. The third-order valence-corrected chi connectivity index (χ3v) is 7.61. The van der Waals surface area contributed by atoms with Crippen LogP contribution in [0.15, 0.2) is 66.7 Å². The van der Waals surface area contributed by atoms with E-state index in [1.807, 2.05) is 50.2 Å². The normalized spacial score (nSPS) is 16.9. The molecular formula is C31H28ClF2NO2. The van der Waals surface area contributed by atoms with Gasteiger partial charge in [0.1, 0.15) is 12.4 Å². The number of nitrogens with zero attached hydrogens (tertiary/aromatic N) is 1.